The second kappa shape index (κ2) is 12.3. The SMILES string of the molecule is CCS(=O)(=O)c1ccc([C@H](CO)NC(=O)c2ccc(N3CC(c4ccc(C(F)(F)F)cc4)C[C@H]3CC#N)cc2)cc1. The highest BCUT2D eigenvalue weighted by molar-refractivity contribution is 7.91. The minimum Gasteiger partial charge on any atom is -0.394 e. The molecule has 1 fully saturated rings. The van der Waals surface area contributed by atoms with Crippen molar-refractivity contribution in [1.82, 2.24) is 5.32 Å². The molecule has 1 heterocycles. The minimum atomic E-state index is -4.41. The molecule has 1 aliphatic heterocycles. The van der Waals surface area contributed by atoms with E-state index in [9.17, 15) is 36.8 Å². The normalized spacial score (nSPS) is 18.1. The van der Waals surface area contributed by atoms with Gasteiger partial charge in [-0.3, -0.25) is 4.79 Å². The molecule has 3 atom stereocenters. The molecule has 1 aliphatic rings. The third kappa shape index (κ3) is 6.89. The second-order valence-corrected chi connectivity index (χ2v) is 12.2. The summed E-state index contributed by atoms with van der Waals surface area (Å²) >= 11 is 0. The highest BCUT2D eigenvalue weighted by Crippen LogP contribution is 2.38. The van der Waals surface area contributed by atoms with E-state index in [1.807, 2.05) is 4.90 Å². The first kappa shape index (κ1) is 30.1. The molecule has 0 aromatic heterocycles. The summed E-state index contributed by atoms with van der Waals surface area (Å²) < 4.78 is 63.0. The van der Waals surface area contributed by atoms with Crippen LogP contribution in [0.25, 0.3) is 0 Å². The second-order valence-electron chi connectivity index (χ2n) is 9.95. The largest absolute Gasteiger partial charge is 0.416 e. The van der Waals surface area contributed by atoms with E-state index in [0.717, 1.165) is 23.4 Å². The zero-order chi connectivity index (χ0) is 29.8. The van der Waals surface area contributed by atoms with Crippen LogP contribution in [0.5, 0.6) is 0 Å². The summed E-state index contributed by atoms with van der Waals surface area (Å²) in [6.07, 6.45) is -3.55. The van der Waals surface area contributed by atoms with Gasteiger partial charge in [0.15, 0.2) is 9.84 Å². The number of nitrogens with zero attached hydrogens (tertiary/aromatic N) is 2. The van der Waals surface area contributed by atoms with Crippen molar-refractivity contribution < 1.29 is 31.5 Å². The summed E-state index contributed by atoms with van der Waals surface area (Å²) in [7, 11) is -3.37. The number of anilines is 1. The van der Waals surface area contributed by atoms with E-state index in [2.05, 4.69) is 11.4 Å². The van der Waals surface area contributed by atoms with Crippen molar-refractivity contribution in [2.75, 3.05) is 23.8 Å². The van der Waals surface area contributed by atoms with E-state index in [4.69, 9.17) is 0 Å². The Kier molecular flexibility index (Phi) is 9.05. The van der Waals surface area contributed by atoms with Crippen LogP contribution in [0.1, 0.15) is 58.8 Å². The van der Waals surface area contributed by atoms with Gasteiger partial charge < -0.3 is 15.3 Å². The maximum Gasteiger partial charge on any atom is 0.416 e. The summed E-state index contributed by atoms with van der Waals surface area (Å²) in [6, 6.07) is 19.2. The van der Waals surface area contributed by atoms with Gasteiger partial charge in [0.05, 0.1) is 41.4 Å². The number of nitrogens with one attached hydrogen (secondary N) is 1. The average molecular weight is 586 g/mol. The maximum absolute atomic E-state index is 13.0. The Balaban J connectivity index is 1.45. The Morgan fingerprint density at radius 2 is 1.71 bits per heavy atom. The summed E-state index contributed by atoms with van der Waals surface area (Å²) in [5, 5.41) is 22.0. The lowest BCUT2D eigenvalue weighted by Crippen LogP contribution is -2.31. The number of benzene rings is 3. The number of sulfone groups is 1. The van der Waals surface area contributed by atoms with Crippen LogP contribution in [0.4, 0.5) is 18.9 Å². The van der Waals surface area contributed by atoms with E-state index in [0.29, 0.717) is 24.1 Å². The Bertz CT molecular complexity index is 1500. The quantitative estimate of drug-likeness (QED) is 0.356. The monoisotopic (exact) mass is 585 g/mol. The fourth-order valence-electron chi connectivity index (χ4n) is 5.07. The molecule has 1 saturated heterocycles. The van der Waals surface area contributed by atoms with Crippen LogP contribution in [0, 0.1) is 11.3 Å². The van der Waals surface area contributed by atoms with Gasteiger partial charge in [0.2, 0.25) is 0 Å². The maximum atomic E-state index is 13.0. The number of nitriles is 1. The van der Waals surface area contributed by atoms with Gasteiger partial charge in [0.25, 0.3) is 5.91 Å². The fraction of sp³-hybridized carbons (Fsp3) is 0.333. The number of aliphatic hydroxyl groups is 1. The number of amides is 1. The molecule has 0 spiro atoms. The number of hydrogen-bond donors (Lipinski definition) is 2. The fourth-order valence-corrected chi connectivity index (χ4v) is 5.96. The molecule has 3 aromatic rings. The Labute approximate surface area is 237 Å². The number of carbonyl (C=O) groups is 1. The van der Waals surface area contributed by atoms with Crippen LogP contribution >= 0.6 is 0 Å². The Hall–Kier alpha value is -3.88. The predicted octanol–water partition coefficient (Wildman–Crippen LogP) is 5.24. The number of halogens is 3. The van der Waals surface area contributed by atoms with Crippen LogP contribution in [-0.4, -0.2) is 44.4 Å². The molecule has 0 aliphatic carbocycles. The van der Waals surface area contributed by atoms with Gasteiger partial charge in [-0.2, -0.15) is 18.4 Å². The molecule has 41 heavy (non-hydrogen) atoms. The van der Waals surface area contributed by atoms with Crippen LogP contribution in [0.3, 0.4) is 0 Å². The standard InChI is InChI=1S/C30H30F3N3O4S/c1-2-41(39,40)27-13-7-21(8-14-27)28(19-37)35-29(38)22-5-11-25(12-6-22)36-18-23(17-26(36)15-16-34)20-3-9-24(10-4-20)30(31,32)33/h3-14,23,26,28,37H,2,15,17-19H2,1H3,(H,35,38)/t23?,26-,28+/m1/s1. The third-order valence-corrected chi connectivity index (χ3v) is 9.17. The van der Waals surface area contributed by atoms with Crippen LogP contribution < -0.4 is 10.2 Å². The molecule has 216 valence electrons. The van der Waals surface area contributed by atoms with Crippen LogP contribution in [0.15, 0.2) is 77.7 Å². The van der Waals surface area contributed by atoms with Crippen molar-refractivity contribution in [2.45, 2.75) is 48.8 Å². The lowest BCUT2D eigenvalue weighted by atomic mass is 9.95. The molecular formula is C30H30F3N3O4S. The molecule has 0 saturated carbocycles. The van der Waals surface area contributed by atoms with Gasteiger partial charge in [-0.25, -0.2) is 8.42 Å². The third-order valence-electron chi connectivity index (χ3n) is 7.42. The highest BCUT2D eigenvalue weighted by Gasteiger charge is 2.34. The lowest BCUT2D eigenvalue weighted by molar-refractivity contribution is -0.137. The van der Waals surface area contributed by atoms with E-state index in [-0.39, 0.29) is 29.0 Å². The van der Waals surface area contributed by atoms with Crippen molar-refractivity contribution in [3.05, 3.63) is 95.1 Å². The summed E-state index contributed by atoms with van der Waals surface area (Å²) in [5.41, 5.74) is 1.74. The lowest BCUT2D eigenvalue weighted by Gasteiger charge is -2.25. The number of rotatable bonds is 9. The topological polar surface area (TPSA) is 110 Å². The minimum absolute atomic E-state index is 0.0348. The number of aliphatic hydroxyl groups excluding tert-OH is 1. The zero-order valence-electron chi connectivity index (χ0n) is 22.3. The molecule has 0 radical (unpaired) electrons. The van der Waals surface area contributed by atoms with Gasteiger partial charge in [-0.15, -0.1) is 0 Å². The Morgan fingerprint density at radius 3 is 2.24 bits per heavy atom. The number of hydrogen-bond acceptors (Lipinski definition) is 6. The van der Waals surface area contributed by atoms with Gasteiger partial charge in [-0.05, 0) is 66.1 Å². The molecule has 2 N–H and O–H groups in total. The van der Waals surface area contributed by atoms with Gasteiger partial charge in [0, 0.05) is 29.8 Å². The van der Waals surface area contributed by atoms with Gasteiger partial charge >= 0.3 is 6.18 Å². The highest BCUT2D eigenvalue weighted by atomic mass is 32.2. The first-order valence-electron chi connectivity index (χ1n) is 13.1. The van der Waals surface area contributed by atoms with E-state index < -0.39 is 40.1 Å². The average Bonchev–Trinajstić information content (AvgIpc) is 3.39. The first-order chi connectivity index (χ1) is 19.5. The van der Waals surface area contributed by atoms with Gasteiger partial charge in [0.1, 0.15) is 0 Å². The van der Waals surface area contributed by atoms with Crippen molar-refractivity contribution in [2.24, 2.45) is 0 Å². The number of alkyl halides is 3. The number of carbonyl (C=O) groups excluding carboxylic acids is 1. The van der Waals surface area contributed by atoms with Gasteiger partial charge in [-0.1, -0.05) is 31.2 Å². The Morgan fingerprint density at radius 1 is 1.07 bits per heavy atom. The molecule has 0 bridgehead atoms. The summed E-state index contributed by atoms with van der Waals surface area (Å²) in [5.74, 6) is -0.520. The van der Waals surface area contributed by atoms with Crippen LogP contribution in [-0.2, 0) is 16.0 Å². The molecular weight excluding hydrogens is 555 g/mol. The van der Waals surface area contributed by atoms with Crippen molar-refractivity contribution in [3.8, 4) is 6.07 Å². The van der Waals surface area contributed by atoms with Crippen LogP contribution in [0.2, 0.25) is 0 Å². The molecule has 1 unspecified atom stereocenters. The zero-order valence-corrected chi connectivity index (χ0v) is 23.1. The molecule has 3 aromatic carbocycles. The smallest absolute Gasteiger partial charge is 0.394 e. The first-order valence-corrected chi connectivity index (χ1v) is 14.8. The van der Waals surface area contributed by atoms with E-state index >= 15 is 0 Å². The van der Waals surface area contributed by atoms with Crippen molar-refractivity contribution in [3.63, 3.8) is 0 Å². The van der Waals surface area contributed by atoms with Crippen molar-refractivity contribution >= 4 is 21.4 Å². The van der Waals surface area contributed by atoms with E-state index in [1.165, 1.54) is 24.3 Å². The predicted molar refractivity (Wildman–Crippen MR) is 148 cm³/mol. The molecule has 4 rings (SSSR count). The van der Waals surface area contributed by atoms with E-state index in [1.54, 1.807) is 43.3 Å². The van der Waals surface area contributed by atoms with Crippen molar-refractivity contribution in [1.29, 1.82) is 5.26 Å². The summed E-state index contributed by atoms with van der Waals surface area (Å²) in [4.78, 5) is 15.1. The summed E-state index contributed by atoms with van der Waals surface area (Å²) in [6.45, 7) is 1.68. The molecule has 7 nitrogen and oxygen atoms in total. The molecule has 11 heteroatoms. The molecule has 1 amide bonds.